The Morgan fingerprint density at radius 1 is 1.19 bits per heavy atom. The van der Waals surface area contributed by atoms with Gasteiger partial charge in [-0.1, -0.05) is 0 Å². The maximum Gasteiger partial charge on any atom is 0.337 e. The standard InChI is InChI=1S/C12H10N2O2/c15-12(16)10-1-2-11(14-8-10)7-9-3-5-13-6-4-9/h1-6,8H,7H2,(H,15,16). The molecule has 2 heterocycles. The molecule has 0 saturated heterocycles. The molecule has 1 N–H and O–H groups in total. The molecule has 0 saturated carbocycles. The molecule has 16 heavy (non-hydrogen) atoms. The van der Waals surface area contributed by atoms with Crippen LogP contribution in [0.5, 0.6) is 0 Å². The first-order valence-electron chi connectivity index (χ1n) is 4.83. The number of hydrogen-bond acceptors (Lipinski definition) is 3. The van der Waals surface area contributed by atoms with Crippen LogP contribution in [0.2, 0.25) is 0 Å². The molecule has 0 aliphatic heterocycles. The van der Waals surface area contributed by atoms with Gasteiger partial charge >= 0.3 is 5.97 Å². The summed E-state index contributed by atoms with van der Waals surface area (Å²) in [6.45, 7) is 0. The summed E-state index contributed by atoms with van der Waals surface area (Å²) in [6.07, 6.45) is 5.50. The van der Waals surface area contributed by atoms with Crippen LogP contribution in [-0.4, -0.2) is 21.0 Å². The molecule has 4 nitrogen and oxygen atoms in total. The molecular formula is C12H10N2O2. The maximum absolute atomic E-state index is 10.6. The first kappa shape index (κ1) is 10.3. The predicted molar refractivity (Wildman–Crippen MR) is 58.2 cm³/mol. The van der Waals surface area contributed by atoms with Gasteiger partial charge in [0.15, 0.2) is 0 Å². The molecule has 0 aliphatic carbocycles. The zero-order valence-electron chi connectivity index (χ0n) is 8.50. The van der Waals surface area contributed by atoms with E-state index in [4.69, 9.17) is 5.11 Å². The summed E-state index contributed by atoms with van der Waals surface area (Å²) in [7, 11) is 0. The summed E-state index contributed by atoms with van der Waals surface area (Å²) in [5, 5.41) is 8.72. The number of hydrogen-bond donors (Lipinski definition) is 1. The van der Waals surface area contributed by atoms with Crippen LogP contribution in [0.3, 0.4) is 0 Å². The molecule has 80 valence electrons. The summed E-state index contributed by atoms with van der Waals surface area (Å²) in [5.41, 5.74) is 2.15. The number of carboxylic acids is 1. The lowest BCUT2D eigenvalue weighted by atomic mass is 10.1. The zero-order chi connectivity index (χ0) is 11.4. The highest BCUT2D eigenvalue weighted by Crippen LogP contribution is 2.07. The van der Waals surface area contributed by atoms with Crippen molar-refractivity contribution in [2.75, 3.05) is 0 Å². The van der Waals surface area contributed by atoms with Crippen molar-refractivity contribution >= 4 is 5.97 Å². The molecule has 2 rings (SSSR count). The lowest BCUT2D eigenvalue weighted by Crippen LogP contribution is -1.99. The summed E-state index contributed by atoms with van der Waals surface area (Å²) < 4.78 is 0. The molecule has 0 unspecified atom stereocenters. The normalized spacial score (nSPS) is 10.0. The van der Waals surface area contributed by atoms with E-state index in [1.165, 1.54) is 6.20 Å². The lowest BCUT2D eigenvalue weighted by molar-refractivity contribution is 0.0696. The fourth-order valence-corrected chi connectivity index (χ4v) is 1.37. The van der Waals surface area contributed by atoms with E-state index < -0.39 is 5.97 Å². The minimum absolute atomic E-state index is 0.207. The largest absolute Gasteiger partial charge is 0.478 e. The number of pyridine rings is 2. The highest BCUT2D eigenvalue weighted by Gasteiger charge is 2.03. The van der Waals surface area contributed by atoms with Crippen molar-refractivity contribution in [2.45, 2.75) is 6.42 Å². The molecule has 0 aliphatic rings. The molecule has 0 fully saturated rings. The van der Waals surface area contributed by atoms with Crippen LogP contribution in [0.4, 0.5) is 0 Å². The SMILES string of the molecule is O=C(O)c1ccc(Cc2ccncc2)nc1. The average molecular weight is 214 g/mol. The molecule has 2 aromatic rings. The van der Waals surface area contributed by atoms with Gasteiger partial charge in [-0.2, -0.15) is 0 Å². The van der Waals surface area contributed by atoms with Crippen molar-refractivity contribution in [1.82, 2.24) is 9.97 Å². The third-order valence-electron chi connectivity index (χ3n) is 2.21. The van der Waals surface area contributed by atoms with Gasteiger partial charge in [0, 0.05) is 30.7 Å². The lowest BCUT2D eigenvalue weighted by Gasteiger charge is -2.00. The molecule has 0 aromatic carbocycles. The Morgan fingerprint density at radius 2 is 1.94 bits per heavy atom. The maximum atomic E-state index is 10.6. The van der Waals surface area contributed by atoms with E-state index in [1.54, 1.807) is 24.5 Å². The number of carbonyl (C=O) groups is 1. The van der Waals surface area contributed by atoms with E-state index in [0.29, 0.717) is 6.42 Å². The average Bonchev–Trinajstić information content (AvgIpc) is 2.31. The monoisotopic (exact) mass is 214 g/mol. The Morgan fingerprint density at radius 3 is 2.50 bits per heavy atom. The van der Waals surface area contributed by atoms with Crippen molar-refractivity contribution in [3.8, 4) is 0 Å². The van der Waals surface area contributed by atoms with Gasteiger partial charge in [-0.3, -0.25) is 9.97 Å². The minimum atomic E-state index is -0.956. The first-order chi connectivity index (χ1) is 7.75. The Kier molecular flexibility index (Phi) is 2.91. The molecule has 0 bridgehead atoms. The Bertz CT molecular complexity index is 480. The van der Waals surface area contributed by atoms with E-state index in [9.17, 15) is 4.79 Å². The third kappa shape index (κ3) is 2.42. The van der Waals surface area contributed by atoms with E-state index in [0.717, 1.165) is 11.3 Å². The summed E-state index contributed by atoms with van der Waals surface area (Å²) in [6, 6.07) is 7.11. The molecule has 4 heteroatoms. The van der Waals surface area contributed by atoms with Gasteiger partial charge in [-0.15, -0.1) is 0 Å². The van der Waals surface area contributed by atoms with Crippen LogP contribution in [0, 0.1) is 0 Å². The van der Waals surface area contributed by atoms with Gasteiger partial charge in [-0.05, 0) is 29.8 Å². The van der Waals surface area contributed by atoms with Crippen molar-refractivity contribution in [2.24, 2.45) is 0 Å². The highest BCUT2D eigenvalue weighted by atomic mass is 16.4. The smallest absolute Gasteiger partial charge is 0.337 e. The van der Waals surface area contributed by atoms with Crippen molar-refractivity contribution in [3.63, 3.8) is 0 Å². The van der Waals surface area contributed by atoms with Crippen LogP contribution in [0.1, 0.15) is 21.6 Å². The number of aromatic carboxylic acids is 1. The van der Waals surface area contributed by atoms with Crippen LogP contribution >= 0.6 is 0 Å². The molecule has 0 radical (unpaired) electrons. The zero-order valence-corrected chi connectivity index (χ0v) is 8.50. The summed E-state index contributed by atoms with van der Waals surface area (Å²) in [5.74, 6) is -0.956. The molecular weight excluding hydrogens is 204 g/mol. The van der Waals surface area contributed by atoms with Gasteiger partial charge in [0.2, 0.25) is 0 Å². The van der Waals surface area contributed by atoms with Crippen molar-refractivity contribution in [1.29, 1.82) is 0 Å². The van der Waals surface area contributed by atoms with E-state index >= 15 is 0 Å². The molecule has 0 atom stereocenters. The predicted octanol–water partition coefficient (Wildman–Crippen LogP) is 1.77. The minimum Gasteiger partial charge on any atom is -0.478 e. The second-order valence-corrected chi connectivity index (χ2v) is 3.38. The second kappa shape index (κ2) is 4.53. The third-order valence-corrected chi connectivity index (χ3v) is 2.21. The first-order valence-corrected chi connectivity index (χ1v) is 4.83. The van der Waals surface area contributed by atoms with Crippen LogP contribution in [0.25, 0.3) is 0 Å². The highest BCUT2D eigenvalue weighted by molar-refractivity contribution is 5.87. The fraction of sp³-hybridized carbons (Fsp3) is 0.0833. The molecule has 0 amide bonds. The number of nitrogens with zero attached hydrogens (tertiary/aromatic N) is 2. The van der Waals surface area contributed by atoms with Crippen LogP contribution in [0.15, 0.2) is 42.9 Å². The van der Waals surface area contributed by atoms with Gasteiger partial charge < -0.3 is 5.11 Å². The number of aromatic nitrogens is 2. The van der Waals surface area contributed by atoms with Gasteiger partial charge in [0.1, 0.15) is 0 Å². The van der Waals surface area contributed by atoms with Gasteiger partial charge in [0.05, 0.1) is 5.56 Å². The van der Waals surface area contributed by atoms with Gasteiger partial charge in [0.25, 0.3) is 0 Å². The van der Waals surface area contributed by atoms with E-state index in [-0.39, 0.29) is 5.56 Å². The topological polar surface area (TPSA) is 63.1 Å². The van der Waals surface area contributed by atoms with Gasteiger partial charge in [-0.25, -0.2) is 4.79 Å². The van der Waals surface area contributed by atoms with Crippen molar-refractivity contribution < 1.29 is 9.90 Å². The Hall–Kier alpha value is -2.23. The van der Waals surface area contributed by atoms with Crippen LogP contribution in [-0.2, 0) is 6.42 Å². The van der Waals surface area contributed by atoms with E-state index in [1.807, 2.05) is 12.1 Å². The van der Waals surface area contributed by atoms with Crippen molar-refractivity contribution in [3.05, 3.63) is 59.7 Å². The quantitative estimate of drug-likeness (QED) is 0.845. The molecule has 0 spiro atoms. The Labute approximate surface area is 92.6 Å². The van der Waals surface area contributed by atoms with E-state index in [2.05, 4.69) is 9.97 Å². The second-order valence-electron chi connectivity index (χ2n) is 3.38. The number of rotatable bonds is 3. The number of carboxylic acid groups (broad SMARTS) is 1. The summed E-state index contributed by atoms with van der Waals surface area (Å²) >= 11 is 0. The Balaban J connectivity index is 2.14. The summed E-state index contributed by atoms with van der Waals surface area (Å²) in [4.78, 5) is 18.6. The fourth-order valence-electron chi connectivity index (χ4n) is 1.37. The van der Waals surface area contributed by atoms with Crippen LogP contribution < -0.4 is 0 Å². The molecule has 2 aromatic heterocycles.